The van der Waals surface area contributed by atoms with Gasteiger partial charge in [-0.25, -0.2) is 0 Å². The van der Waals surface area contributed by atoms with E-state index in [-0.39, 0.29) is 18.0 Å². The summed E-state index contributed by atoms with van der Waals surface area (Å²) in [7, 11) is 0. The van der Waals surface area contributed by atoms with Crippen LogP contribution in [-0.2, 0) is 9.53 Å². The zero-order valence-corrected chi connectivity index (χ0v) is 16.4. The fourth-order valence-corrected chi connectivity index (χ4v) is 4.02. The number of thiophene rings is 1. The molecule has 1 aliphatic rings. The molecule has 0 bridgehead atoms. The SMILES string of the molecule is CCC(C)c1ccc(C(NC(=O)CC2COCCN2)c2cccs2)cc1. The van der Waals surface area contributed by atoms with E-state index in [1.807, 2.05) is 6.07 Å². The Hall–Kier alpha value is -1.69. The summed E-state index contributed by atoms with van der Waals surface area (Å²) in [6, 6.07) is 12.8. The van der Waals surface area contributed by atoms with Gasteiger partial charge >= 0.3 is 0 Å². The quantitative estimate of drug-likeness (QED) is 0.776. The number of carbonyl (C=O) groups excluding carboxylic acids is 1. The number of nitrogens with one attached hydrogen (secondary N) is 2. The third-order valence-electron chi connectivity index (χ3n) is 5.01. The van der Waals surface area contributed by atoms with Crippen molar-refractivity contribution in [3.05, 3.63) is 57.8 Å². The van der Waals surface area contributed by atoms with Crippen molar-refractivity contribution >= 4 is 17.2 Å². The minimum absolute atomic E-state index is 0.0532. The number of amides is 1. The second-order valence-electron chi connectivity index (χ2n) is 6.92. The predicted molar refractivity (Wildman–Crippen MR) is 107 cm³/mol. The average molecular weight is 373 g/mol. The fourth-order valence-electron chi connectivity index (χ4n) is 3.22. The molecular weight excluding hydrogens is 344 g/mol. The highest BCUT2D eigenvalue weighted by molar-refractivity contribution is 7.10. The normalized spacial score (nSPS) is 19.7. The van der Waals surface area contributed by atoms with E-state index in [0.29, 0.717) is 18.9 Å². The van der Waals surface area contributed by atoms with Crippen molar-refractivity contribution in [3.63, 3.8) is 0 Å². The van der Waals surface area contributed by atoms with Gasteiger partial charge < -0.3 is 15.4 Å². The largest absolute Gasteiger partial charge is 0.378 e. The summed E-state index contributed by atoms with van der Waals surface area (Å²) >= 11 is 1.67. The molecule has 3 atom stereocenters. The number of hydrogen-bond donors (Lipinski definition) is 2. The molecule has 2 N–H and O–H groups in total. The molecule has 3 unspecified atom stereocenters. The van der Waals surface area contributed by atoms with Crippen LogP contribution in [0.5, 0.6) is 0 Å². The van der Waals surface area contributed by atoms with Gasteiger partial charge in [0.1, 0.15) is 0 Å². The van der Waals surface area contributed by atoms with E-state index in [0.717, 1.165) is 30.0 Å². The first kappa shape index (κ1) is 19.1. The number of rotatable bonds is 7. The van der Waals surface area contributed by atoms with Crippen molar-refractivity contribution in [2.45, 2.75) is 44.7 Å². The summed E-state index contributed by atoms with van der Waals surface area (Å²) in [6.07, 6.45) is 1.56. The van der Waals surface area contributed by atoms with Crippen molar-refractivity contribution in [3.8, 4) is 0 Å². The minimum Gasteiger partial charge on any atom is -0.378 e. The molecule has 0 radical (unpaired) electrons. The molecule has 0 spiro atoms. The van der Waals surface area contributed by atoms with Gasteiger partial charge in [0.05, 0.1) is 19.3 Å². The van der Waals surface area contributed by atoms with Crippen LogP contribution in [0.1, 0.15) is 54.7 Å². The Kier molecular flexibility index (Phi) is 6.83. The minimum atomic E-state index is -0.0991. The molecule has 1 aromatic heterocycles. The van der Waals surface area contributed by atoms with Crippen molar-refractivity contribution < 1.29 is 9.53 Å². The highest BCUT2D eigenvalue weighted by Gasteiger charge is 2.22. The van der Waals surface area contributed by atoms with Gasteiger partial charge in [-0.1, -0.05) is 44.2 Å². The molecule has 1 amide bonds. The van der Waals surface area contributed by atoms with Crippen molar-refractivity contribution in [2.75, 3.05) is 19.8 Å². The summed E-state index contributed by atoms with van der Waals surface area (Å²) in [4.78, 5) is 13.8. The summed E-state index contributed by atoms with van der Waals surface area (Å²) in [5, 5.41) is 8.62. The van der Waals surface area contributed by atoms with Gasteiger partial charge in [0.2, 0.25) is 5.91 Å². The lowest BCUT2D eigenvalue weighted by molar-refractivity contribution is -0.122. The van der Waals surface area contributed by atoms with E-state index in [1.165, 1.54) is 5.56 Å². The fraction of sp³-hybridized carbons (Fsp3) is 0.476. The van der Waals surface area contributed by atoms with E-state index in [9.17, 15) is 4.79 Å². The second kappa shape index (κ2) is 9.31. The van der Waals surface area contributed by atoms with E-state index < -0.39 is 0 Å². The van der Waals surface area contributed by atoms with Gasteiger partial charge in [0.25, 0.3) is 0 Å². The summed E-state index contributed by atoms with van der Waals surface area (Å²) in [6.45, 7) is 6.57. The molecular formula is C21H28N2O2S. The van der Waals surface area contributed by atoms with Crippen LogP contribution in [0.4, 0.5) is 0 Å². The monoisotopic (exact) mass is 372 g/mol. The van der Waals surface area contributed by atoms with Crippen LogP contribution >= 0.6 is 11.3 Å². The first-order valence-electron chi connectivity index (χ1n) is 9.41. The Morgan fingerprint density at radius 2 is 2.08 bits per heavy atom. The van der Waals surface area contributed by atoms with Gasteiger partial charge in [0, 0.05) is 23.9 Å². The number of carbonyl (C=O) groups is 1. The topological polar surface area (TPSA) is 50.4 Å². The van der Waals surface area contributed by atoms with Crippen LogP contribution in [0.25, 0.3) is 0 Å². The van der Waals surface area contributed by atoms with Crippen LogP contribution < -0.4 is 10.6 Å². The van der Waals surface area contributed by atoms with Crippen LogP contribution in [0.15, 0.2) is 41.8 Å². The Labute approximate surface area is 160 Å². The number of morpholine rings is 1. The Balaban J connectivity index is 1.72. The standard InChI is InChI=1S/C21H28N2O2S/c1-3-15(2)16-6-8-17(9-7-16)21(19-5-4-12-26-19)23-20(24)13-18-14-25-11-10-22-18/h4-9,12,15,18,21-22H,3,10-11,13-14H2,1-2H3,(H,23,24). The first-order chi connectivity index (χ1) is 12.7. The maximum absolute atomic E-state index is 12.6. The highest BCUT2D eigenvalue weighted by atomic mass is 32.1. The summed E-state index contributed by atoms with van der Waals surface area (Å²) in [5.41, 5.74) is 2.47. The smallest absolute Gasteiger partial charge is 0.222 e. The maximum atomic E-state index is 12.6. The molecule has 4 nitrogen and oxygen atoms in total. The van der Waals surface area contributed by atoms with Gasteiger partial charge in [0.15, 0.2) is 0 Å². The van der Waals surface area contributed by atoms with Gasteiger partial charge in [-0.05, 0) is 34.9 Å². The lowest BCUT2D eigenvalue weighted by atomic mass is 9.95. The molecule has 3 rings (SSSR count). The van der Waals surface area contributed by atoms with E-state index >= 15 is 0 Å². The van der Waals surface area contributed by atoms with Gasteiger partial charge in [-0.15, -0.1) is 11.3 Å². The van der Waals surface area contributed by atoms with Crippen LogP contribution in [0, 0.1) is 0 Å². The summed E-state index contributed by atoms with van der Waals surface area (Å²) in [5.74, 6) is 0.605. The maximum Gasteiger partial charge on any atom is 0.222 e. The Morgan fingerprint density at radius 1 is 1.31 bits per heavy atom. The lowest BCUT2D eigenvalue weighted by Crippen LogP contribution is -2.44. The molecule has 1 fully saturated rings. The molecule has 0 saturated carbocycles. The van der Waals surface area contributed by atoms with Crippen molar-refractivity contribution in [1.29, 1.82) is 0 Å². The average Bonchev–Trinajstić information content (AvgIpc) is 3.21. The molecule has 2 aromatic rings. The molecule has 1 aliphatic heterocycles. The van der Waals surface area contributed by atoms with E-state index in [4.69, 9.17) is 4.74 Å². The van der Waals surface area contributed by atoms with Crippen molar-refractivity contribution in [1.82, 2.24) is 10.6 Å². The molecule has 5 heteroatoms. The van der Waals surface area contributed by atoms with Gasteiger partial charge in [-0.2, -0.15) is 0 Å². The number of ether oxygens (including phenoxy) is 1. The molecule has 0 aliphatic carbocycles. The Bertz CT molecular complexity index is 679. The van der Waals surface area contributed by atoms with E-state index in [1.54, 1.807) is 11.3 Å². The van der Waals surface area contributed by atoms with Crippen molar-refractivity contribution in [2.24, 2.45) is 0 Å². The molecule has 1 aromatic carbocycles. The molecule has 26 heavy (non-hydrogen) atoms. The van der Waals surface area contributed by atoms with Crippen LogP contribution in [0.3, 0.4) is 0 Å². The third-order valence-corrected chi connectivity index (χ3v) is 5.95. The Morgan fingerprint density at radius 3 is 2.69 bits per heavy atom. The van der Waals surface area contributed by atoms with Crippen LogP contribution in [0.2, 0.25) is 0 Å². The van der Waals surface area contributed by atoms with Crippen LogP contribution in [-0.4, -0.2) is 31.7 Å². The molecule has 140 valence electrons. The first-order valence-corrected chi connectivity index (χ1v) is 10.3. The lowest BCUT2D eigenvalue weighted by Gasteiger charge is -2.25. The third kappa shape index (κ3) is 4.93. The highest BCUT2D eigenvalue weighted by Crippen LogP contribution is 2.28. The molecule has 1 saturated heterocycles. The number of hydrogen-bond acceptors (Lipinski definition) is 4. The van der Waals surface area contributed by atoms with E-state index in [2.05, 4.69) is 60.2 Å². The second-order valence-corrected chi connectivity index (χ2v) is 7.90. The van der Waals surface area contributed by atoms with Gasteiger partial charge in [-0.3, -0.25) is 4.79 Å². The number of benzene rings is 1. The predicted octanol–water partition coefficient (Wildman–Crippen LogP) is 3.85. The summed E-state index contributed by atoms with van der Waals surface area (Å²) < 4.78 is 5.45. The zero-order valence-electron chi connectivity index (χ0n) is 15.5. The zero-order chi connectivity index (χ0) is 18.4. The molecule has 2 heterocycles.